The summed E-state index contributed by atoms with van der Waals surface area (Å²) < 4.78 is 68.5. The lowest BCUT2D eigenvalue weighted by Gasteiger charge is -2.15. The molecule has 1 aromatic carbocycles. The number of nitrogens with zero attached hydrogens (tertiary/aromatic N) is 5. The van der Waals surface area contributed by atoms with E-state index in [1.807, 2.05) is 0 Å². The highest BCUT2D eigenvalue weighted by Gasteiger charge is 2.79. The number of carboxylic acid groups (broad SMARTS) is 1. The number of hydrogen-bond acceptors (Lipinski definition) is 4. The van der Waals surface area contributed by atoms with Gasteiger partial charge in [0.15, 0.2) is 16.9 Å². The van der Waals surface area contributed by atoms with Gasteiger partial charge in [-0.3, -0.25) is 4.79 Å². The molecule has 32 heavy (non-hydrogen) atoms. The highest BCUT2D eigenvalue weighted by molar-refractivity contribution is 6.38. The van der Waals surface area contributed by atoms with Crippen molar-refractivity contribution in [1.82, 2.24) is 14.7 Å². The van der Waals surface area contributed by atoms with E-state index in [1.165, 1.54) is 19.0 Å². The zero-order chi connectivity index (χ0) is 24.2. The van der Waals surface area contributed by atoms with Crippen LogP contribution in [0.1, 0.15) is 23.2 Å². The van der Waals surface area contributed by atoms with Crippen LogP contribution in [-0.4, -0.2) is 52.1 Å². The molecule has 0 amide bonds. The second kappa shape index (κ2) is 7.60. The number of rotatable bonds is 5. The van der Waals surface area contributed by atoms with Gasteiger partial charge >= 0.3 is 12.1 Å². The van der Waals surface area contributed by atoms with Gasteiger partial charge in [-0.05, 0) is 12.1 Å². The Balaban J connectivity index is 2.39. The van der Waals surface area contributed by atoms with Gasteiger partial charge in [-0.15, -0.1) is 0 Å². The van der Waals surface area contributed by atoms with E-state index < -0.39 is 62.6 Å². The van der Waals surface area contributed by atoms with Crippen molar-refractivity contribution >= 4 is 41.3 Å². The van der Waals surface area contributed by atoms with Crippen molar-refractivity contribution in [2.45, 2.75) is 23.9 Å². The van der Waals surface area contributed by atoms with Gasteiger partial charge < -0.3 is 10.0 Å². The Morgan fingerprint density at radius 1 is 1.34 bits per heavy atom. The molecule has 1 N–H and O–H groups in total. The predicted molar refractivity (Wildman–Crippen MR) is 104 cm³/mol. The van der Waals surface area contributed by atoms with Crippen LogP contribution in [0.3, 0.4) is 0 Å². The van der Waals surface area contributed by atoms with Crippen LogP contribution in [0.5, 0.6) is 0 Å². The molecule has 14 heteroatoms. The Bertz CT molecular complexity index is 1160. The first kappa shape index (κ1) is 23.7. The second-order valence-electron chi connectivity index (χ2n) is 7.16. The summed E-state index contributed by atoms with van der Waals surface area (Å²) >= 11 is 12.0. The summed E-state index contributed by atoms with van der Waals surface area (Å²) in [5.74, 6) is -6.16. The Morgan fingerprint density at radius 3 is 2.25 bits per heavy atom. The minimum Gasteiger partial charge on any atom is -0.480 e. The summed E-state index contributed by atoms with van der Waals surface area (Å²) in [6.07, 6.45) is -4.79. The molecule has 1 unspecified atom stereocenters. The molecular formula is C18H12Cl2F5N5O2. The van der Waals surface area contributed by atoms with Crippen LogP contribution in [0.4, 0.5) is 27.8 Å². The normalized spacial score (nSPS) is 19.8. The first-order valence-corrected chi connectivity index (χ1v) is 9.35. The topological polar surface area (TPSA) is 94.5 Å². The first-order valence-electron chi connectivity index (χ1n) is 8.59. The molecule has 0 spiro atoms. The number of aliphatic imine (C=N–C) groups is 1. The summed E-state index contributed by atoms with van der Waals surface area (Å²) in [5.41, 5.74) is -5.76. The van der Waals surface area contributed by atoms with Gasteiger partial charge in [-0.2, -0.15) is 23.5 Å². The van der Waals surface area contributed by atoms with E-state index in [0.29, 0.717) is 16.8 Å². The second-order valence-corrected chi connectivity index (χ2v) is 7.97. The van der Waals surface area contributed by atoms with Crippen molar-refractivity contribution in [3.05, 3.63) is 39.0 Å². The minimum absolute atomic E-state index is 0.389. The summed E-state index contributed by atoms with van der Waals surface area (Å²) in [7, 11) is 3.04. The SMILES string of the molecule is CN(C)C=Nc1c(C2(C(=O)O)CC2(F)F)c(C#N)nn1-c1c(Cl)cc(C(F)(F)F)cc1Cl. The van der Waals surface area contributed by atoms with Crippen LogP contribution in [0, 0.1) is 11.3 Å². The van der Waals surface area contributed by atoms with Gasteiger partial charge in [0.05, 0.1) is 27.5 Å². The number of hydrogen-bond donors (Lipinski definition) is 1. The maximum atomic E-state index is 14.3. The molecule has 3 rings (SSSR count). The molecule has 1 atom stereocenters. The lowest BCUT2D eigenvalue weighted by Crippen LogP contribution is -2.28. The monoisotopic (exact) mass is 495 g/mol. The minimum atomic E-state index is -4.78. The quantitative estimate of drug-likeness (QED) is 0.370. The van der Waals surface area contributed by atoms with E-state index >= 15 is 0 Å². The fourth-order valence-electron chi connectivity index (χ4n) is 3.16. The molecular weight excluding hydrogens is 484 g/mol. The molecule has 0 bridgehead atoms. The molecule has 0 aliphatic heterocycles. The third-order valence-corrected chi connectivity index (χ3v) is 5.29. The summed E-state index contributed by atoms with van der Waals surface area (Å²) in [6, 6.07) is 2.62. The van der Waals surface area contributed by atoms with Gasteiger partial charge in [0.2, 0.25) is 0 Å². The zero-order valence-electron chi connectivity index (χ0n) is 16.2. The molecule has 1 aliphatic rings. The van der Waals surface area contributed by atoms with Crippen molar-refractivity contribution in [3.8, 4) is 11.8 Å². The molecule has 7 nitrogen and oxygen atoms in total. The molecule has 1 heterocycles. The summed E-state index contributed by atoms with van der Waals surface area (Å²) in [6.45, 7) is 0. The molecule has 0 saturated heterocycles. The molecule has 0 radical (unpaired) electrons. The van der Waals surface area contributed by atoms with E-state index in [-0.39, 0.29) is 5.69 Å². The Kier molecular flexibility index (Phi) is 5.64. The van der Waals surface area contributed by atoms with E-state index in [0.717, 1.165) is 6.34 Å². The largest absolute Gasteiger partial charge is 0.480 e. The van der Waals surface area contributed by atoms with Gasteiger partial charge in [-0.25, -0.2) is 18.5 Å². The Morgan fingerprint density at radius 2 is 1.88 bits per heavy atom. The van der Waals surface area contributed by atoms with Crippen molar-refractivity contribution < 1.29 is 31.9 Å². The van der Waals surface area contributed by atoms with Crippen LogP contribution >= 0.6 is 23.2 Å². The van der Waals surface area contributed by atoms with Gasteiger partial charge in [0.1, 0.15) is 11.8 Å². The first-order chi connectivity index (χ1) is 14.7. The molecule has 1 saturated carbocycles. The van der Waals surface area contributed by atoms with Crippen molar-refractivity contribution in [1.29, 1.82) is 5.26 Å². The van der Waals surface area contributed by atoms with Crippen LogP contribution in [0.15, 0.2) is 17.1 Å². The Labute approximate surface area is 187 Å². The predicted octanol–water partition coefficient (Wildman–Crippen LogP) is 4.65. The number of aliphatic carboxylic acids is 1. The molecule has 1 fully saturated rings. The number of carbonyl (C=O) groups is 1. The van der Waals surface area contributed by atoms with Crippen LogP contribution in [0.25, 0.3) is 5.69 Å². The summed E-state index contributed by atoms with van der Waals surface area (Å²) in [5, 5.41) is 21.7. The fourth-order valence-corrected chi connectivity index (χ4v) is 3.80. The fraction of sp³-hybridized carbons (Fsp3) is 0.333. The standard InChI is InChI=1S/C18H12Cl2F5N5O2/c1-29(2)7-27-14-12(16(15(31)32)6-17(16,21)22)11(5-26)28-30(14)13-9(19)3-8(4-10(13)20)18(23,24)25/h3-4,7H,6H2,1-2H3,(H,31,32). The van der Waals surface area contributed by atoms with E-state index in [2.05, 4.69) is 10.1 Å². The van der Waals surface area contributed by atoms with Crippen molar-refractivity contribution in [2.75, 3.05) is 14.1 Å². The number of halogens is 7. The Hall–Kier alpha value is -2.91. The summed E-state index contributed by atoms with van der Waals surface area (Å²) in [4.78, 5) is 17.2. The highest BCUT2D eigenvalue weighted by atomic mass is 35.5. The highest BCUT2D eigenvalue weighted by Crippen LogP contribution is 2.64. The number of alkyl halides is 5. The van der Waals surface area contributed by atoms with Crippen LogP contribution in [0.2, 0.25) is 10.0 Å². The maximum Gasteiger partial charge on any atom is 0.416 e. The van der Waals surface area contributed by atoms with Crippen LogP contribution in [-0.2, 0) is 16.4 Å². The van der Waals surface area contributed by atoms with E-state index in [9.17, 15) is 37.1 Å². The average Bonchev–Trinajstić information content (AvgIpc) is 3.06. The number of aromatic nitrogens is 2. The lowest BCUT2D eigenvalue weighted by molar-refractivity contribution is -0.143. The van der Waals surface area contributed by atoms with Gasteiger partial charge in [0, 0.05) is 20.5 Å². The maximum absolute atomic E-state index is 14.3. The van der Waals surface area contributed by atoms with Crippen molar-refractivity contribution in [3.63, 3.8) is 0 Å². The number of nitriles is 1. The van der Waals surface area contributed by atoms with Crippen LogP contribution < -0.4 is 0 Å². The molecule has 170 valence electrons. The number of benzene rings is 1. The van der Waals surface area contributed by atoms with E-state index in [4.69, 9.17) is 23.2 Å². The lowest BCUT2D eigenvalue weighted by atomic mass is 9.94. The molecule has 1 aromatic heterocycles. The zero-order valence-corrected chi connectivity index (χ0v) is 17.7. The molecule has 1 aliphatic carbocycles. The number of carboxylic acids is 1. The van der Waals surface area contributed by atoms with Gasteiger partial charge in [0.25, 0.3) is 5.92 Å². The molecule has 2 aromatic rings. The van der Waals surface area contributed by atoms with Gasteiger partial charge in [-0.1, -0.05) is 23.2 Å². The smallest absolute Gasteiger partial charge is 0.416 e. The van der Waals surface area contributed by atoms with Crippen molar-refractivity contribution in [2.24, 2.45) is 4.99 Å². The third kappa shape index (κ3) is 3.65. The third-order valence-electron chi connectivity index (χ3n) is 4.71. The van der Waals surface area contributed by atoms with E-state index in [1.54, 1.807) is 6.07 Å². The average molecular weight is 496 g/mol.